The van der Waals surface area contributed by atoms with E-state index in [-0.39, 0.29) is 5.92 Å². The van der Waals surface area contributed by atoms with Crippen LogP contribution in [0.25, 0.3) is 0 Å². The Bertz CT molecular complexity index is 385. The van der Waals surface area contributed by atoms with E-state index in [0.29, 0.717) is 13.2 Å². The van der Waals surface area contributed by atoms with Crippen molar-refractivity contribution in [3.8, 4) is 11.5 Å². The first-order valence-electron chi connectivity index (χ1n) is 5.06. The Morgan fingerprint density at radius 1 is 1.47 bits per heavy atom. The van der Waals surface area contributed by atoms with E-state index in [2.05, 4.69) is 0 Å². The molecule has 0 fully saturated rings. The summed E-state index contributed by atoms with van der Waals surface area (Å²) in [5, 5.41) is 0. The van der Waals surface area contributed by atoms with E-state index in [1.54, 1.807) is 0 Å². The fourth-order valence-corrected chi connectivity index (χ4v) is 1.93. The summed E-state index contributed by atoms with van der Waals surface area (Å²) in [6.07, 6.45) is 1.50. The maximum atomic E-state index is 10.5. The van der Waals surface area contributed by atoms with Crippen LogP contribution in [0.3, 0.4) is 0 Å². The zero-order valence-electron chi connectivity index (χ0n) is 8.95. The number of fused-ring (bicyclic) bond motifs is 1. The Balaban J connectivity index is 2.37. The molecule has 0 N–H and O–H groups in total. The van der Waals surface area contributed by atoms with Crippen LogP contribution in [0.1, 0.15) is 30.4 Å². The van der Waals surface area contributed by atoms with Gasteiger partial charge in [-0.2, -0.15) is 0 Å². The zero-order valence-corrected chi connectivity index (χ0v) is 8.95. The predicted octanol–water partition coefficient (Wildman–Crippen LogP) is 2.42. The van der Waals surface area contributed by atoms with Crippen LogP contribution < -0.4 is 9.47 Å². The SMILES string of the molecule is Cc1c(C(C)CC=O)ccc2c1OCO2. The number of hydrogen-bond donors (Lipinski definition) is 0. The summed E-state index contributed by atoms with van der Waals surface area (Å²) in [6, 6.07) is 3.92. The second-order valence-electron chi connectivity index (χ2n) is 3.82. The first-order valence-corrected chi connectivity index (χ1v) is 5.06. The summed E-state index contributed by atoms with van der Waals surface area (Å²) in [6.45, 7) is 4.34. The van der Waals surface area contributed by atoms with Gasteiger partial charge in [0.15, 0.2) is 11.5 Å². The number of carbonyl (C=O) groups excluding carboxylic acids is 1. The molecule has 1 atom stereocenters. The average Bonchev–Trinajstić information content (AvgIpc) is 2.67. The normalized spacial score (nSPS) is 15.1. The molecule has 3 heteroatoms. The number of rotatable bonds is 3. The van der Waals surface area contributed by atoms with Crippen molar-refractivity contribution in [2.45, 2.75) is 26.2 Å². The van der Waals surface area contributed by atoms with Gasteiger partial charge in [-0.1, -0.05) is 13.0 Å². The largest absolute Gasteiger partial charge is 0.454 e. The molecule has 1 aromatic carbocycles. The molecule has 80 valence electrons. The third-order valence-electron chi connectivity index (χ3n) is 2.81. The van der Waals surface area contributed by atoms with Crippen molar-refractivity contribution in [1.29, 1.82) is 0 Å². The molecule has 0 amide bonds. The van der Waals surface area contributed by atoms with Gasteiger partial charge in [-0.15, -0.1) is 0 Å². The molecule has 0 spiro atoms. The number of hydrogen-bond acceptors (Lipinski definition) is 3. The van der Waals surface area contributed by atoms with Gasteiger partial charge in [0.25, 0.3) is 0 Å². The molecule has 0 aliphatic carbocycles. The summed E-state index contributed by atoms with van der Waals surface area (Å²) in [7, 11) is 0. The summed E-state index contributed by atoms with van der Waals surface area (Å²) in [4.78, 5) is 10.5. The van der Waals surface area contributed by atoms with Crippen molar-refractivity contribution in [2.75, 3.05) is 6.79 Å². The summed E-state index contributed by atoms with van der Waals surface area (Å²) in [5.41, 5.74) is 2.24. The lowest BCUT2D eigenvalue weighted by molar-refractivity contribution is -0.108. The predicted molar refractivity (Wildman–Crippen MR) is 56.4 cm³/mol. The summed E-state index contributed by atoms with van der Waals surface area (Å²) in [5.74, 6) is 1.86. The van der Waals surface area contributed by atoms with E-state index in [9.17, 15) is 4.79 Å². The third-order valence-corrected chi connectivity index (χ3v) is 2.81. The Kier molecular flexibility index (Phi) is 2.62. The van der Waals surface area contributed by atoms with E-state index in [4.69, 9.17) is 9.47 Å². The summed E-state index contributed by atoms with van der Waals surface area (Å²) < 4.78 is 10.7. The van der Waals surface area contributed by atoms with E-state index >= 15 is 0 Å². The number of ether oxygens (including phenoxy) is 2. The van der Waals surface area contributed by atoms with Gasteiger partial charge in [-0.25, -0.2) is 0 Å². The molecule has 0 saturated heterocycles. The minimum Gasteiger partial charge on any atom is -0.454 e. The van der Waals surface area contributed by atoms with Crippen molar-refractivity contribution >= 4 is 6.29 Å². The molecule has 0 bridgehead atoms. The highest BCUT2D eigenvalue weighted by Gasteiger charge is 2.20. The van der Waals surface area contributed by atoms with Gasteiger partial charge < -0.3 is 14.3 Å². The standard InChI is InChI=1S/C12H14O3/c1-8(5-6-13)10-3-4-11-12(9(10)2)15-7-14-11/h3-4,6,8H,5,7H2,1-2H3. The lowest BCUT2D eigenvalue weighted by Gasteiger charge is -2.13. The lowest BCUT2D eigenvalue weighted by atomic mass is 9.93. The van der Waals surface area contributed by atoms with Gasteiger partial charge in [0.1, 0.15) is 6.29 Å². The fourth-order valence-electron chi connectivity index (χ4n) is 1.93. The van der Waals surface area contributed by atoms with Crippen molar-refractivity contribution in [2.24, 2.45) is 0 Å². The van der Waals surface area contributed by atoms with Gasteiger partial charge >= 0.3 is 0 Å². The molecular formula is C12H14O3. The molecule has 1 heterocycles. The molecular weight excluding hydrogens is 192 g/mol. The number of carbonyl (C=O) groups is 1. The van der Waals surface area contributed by atoms with E-state index in [1.807, 2.05) is 26.0 Å². The van der Waals surface area contributed by atoms with E-state index in [0.717, 1.165) is 28.9 Å². The number of aldehydes is 1. The van der Waals surface area contributed by atoms with Crippen molar-refractivity contribution in [1.82, 2.24) is 0 Å². The van der Waals surface area contributed by atoms with E-state index < -0.39 is 0 Å². The van der Waals surface area contributed by atoms with Gasteiger partial charge in [0.2, 0.25) is 6.79 Å². The van der Waals surface area contributed by atoms with Gasteiger partial charge in [-0.05, 0) is 30.0 Å². The fraction of sp³-hybridized carbons (Fsp3) is 0.417. The molecule has 1 aliphatic rings. The van der Waals surface area contributed by atoms with Crippen LogP contribution in [0.2, 0.25) is 0 Å². The zero-order chi connectivity index (χ0) is 10.8. The Labute approximate surface area is 89.0 Å². The van der Waals surface area contributed by atoms with Crippen molar-refractivity contribution in [3.63, 3.8) is 0 Å². The smallest absolute Gasteiger partial charge is 0.231 e. The molecule has 0 aromatic heterocycles. The molecule has 1 aromatic rings. The Morgan fingerprint density at radius 2 is 2.27 bits per heavy atom. The van der Waals surface area contributed by atoms with Crippen LogP contribution in [0, 0.1) is 6.92 Å². The quantitative estimate of drug-likeness (QED) is 0.712. The van der Waals surface area contributed by atoms with Crippen LogP contribution in [-0.4, -0.2) is 13.1 Å². The molecule has 1 unspecified atom stereocenters. The minimum atomic E-state index is 0.233. The molecule has 15 heavy (non-hydrogen) atoms. The van der Waals surface area contributed by atoms with Crippen LogP contribution >= 0.6 is 0 Å². The van der Waals surface area contributed by atoms with Gasteiger partial charge in [0, 0.05) is 6.42 Å². The topological polar surface area (TPSA) is 35.5 Å². The van der Waals surface area contributed by atoms with Crippen molar-refractivity contribution in [3.05, 3.63) is 23.3 Å². The lowest BCUT2D eigenvalue weighted by Crippen LogP contribution is -1.98. The van der Waals surface area contributed by atoms with Crippen LogP contribution in [-0.2, 0) is 4.79 Å². The molecule has 2 rings (SSSR count). The first kappa shape index (κ1) is 10.0. The minimum absolute atomic E-state index is 0.233. The average molecular weight is 206 g/mol. The number of benzene rings is 1. The Morgan fingerprint density at radius 3 is 3.00 bits per heavy atom. The second-order valence-corrected chi connectivity index (χ2v) is 3.82. The monoisotopic (exact) mass is 206 g/mol. The molecule has 0 radical (unpaired) electrons. The van der Waals surface area contributed by atoms with Crippen LogP contribution in [0.15, 0.2) is 12.1 Å². The van der Waals surface area contributed by atoms with Crippen LogP contribution in [0.5, 0.6) is 11.5 Å². The molecule has 0 saturated carbocycles. The third kappa shape index (κ3) is 1.69. The molecule has 3 nitrogen and oxygen atoms in total. The summed E-state index contributed by atoms with van der Waals surface area (Å²) >= 11 is 0. The second kappa shape index (κ2) is 3.93. The maximum Gasteiger partial charge on any atom is 0.231 e. The highest BCUT2D eigenvalue weighted by molar-refractivity contribution is 5.56. The van der Waals surface area contributed by atoms with Gasteiger partial charge in [0.05, 0.1) is 0 Å². The molecule has 1 aliphatic heterocycles. The maximum absolute atomic E-state index is 10.5. The van der Waals surface area contributed by atoms with E-state index in [1.165, 1.54) is 0 Å². The van der Waals surface area contributed by atoms with Gasteiger partial charge in [-0.3, -0.25) is 0 Å². The van der Waals surface area contributed by atoms with Crippen molar-refractivity contribution < 1.29 is 14.3 Å². The first-order chi connectivity index (χ1) is 7.24. The highest BCUT2D eigenvalue weighted by atomic mass is 16.7. The highest BCUT2D eigenvalue weighted by Crippen LogP contribution is 2.39. The Hall–Kier alpha value is -1.51. The van der Waals surface area contributed by atoms with Crippen LogP contribution in [0.4, 0.5) is 0 Å².